The van der Waals surface area contributed by atoms with Crippen LogP contribution in [0.1, 0.15) is 24.0 Å². The van der Waals surface area contributed by atoms with Crippen molar-refractivity contribution < 1.29 is 0 Å². The van der Waals surface area contributed by atoms with E-state index in [1.807, 2.05) is 18.3 Å². The van der Waals surface area contributed by atoms with Crippen LogP contribution in [0.4, 0.5) is 17.2 Å². The van der Waals surface area contributed by atoms with E-state index in [9.17, 15) is 0 Å². The molecule has 0 saturated carbocycles. The lowest BCUT2D eigenvalue weighted by molar-refractivity contribution is 0.402. The Labute approximate surface area is 166 Å². The molecule has 0 N–H and O–H groups in total. The third kappa shape index (κ3) is 2.24. The van der Waals surface area contributed by atoms with Crippen LogP contribution < -0.4 is 9.80 Å². The van der Waals surface area contributed by atoms with Crippen molar-refractivity contribution in [2.24, 2.45) is 5.92 Å². The van der Waals surface area contributed by atoms with Gasteiger partial charge in [-0.05, 0) is 24.1 Å². The van der Waals surface area contributed by atoms with Gasteiger partial charge in [-0.15, -0.1) is 6.58 Å². The fraction of sp³-hybridized carbons (Fsp3) is 0.250. The van der Waals surface area contributed by atoms with Gasteiger partial charge in [0.05, 0.1) is 6.20 Å². The summed E-state index contributed by atoms with van der Waals surface area (Å²) in [6, 6.07) is 16.9. The molecule has 1 aromatic heterocycles. The van der Waals surface area contributed by atoms with E-state index in [1.165, 1.54) is 16.8 Å². The predicted molar refractivity (Wildman–Crippen MR) is 115 cm³/mol. The Kier molecular flexibility index (Phi) is 3.76. The second-order valence-electron chi connectivity index (χ2n) is 7.79. The number of benzene rings is 2. The summed E-state index contributed by atoms with van der Waals surface area (Å²) in [6.07, 6.45) is 4.27. The highest BCUT2D eigenvalue weighted by molar-refractivity contribution is 5.84. The third-order valence-corrected chi connectivity index (χ3v) is 6.24. The van der Waals surface area contributed by atoms with Crippen LogP contribution in [0.2, 0.25) is 0 Å². The molecular formula is C24H24N4. The number of hydrogen-bond donors (Lipinski definition) is 0. The first-order valence-corrected chi connectivity index (χ1v) is 9.78. The third-order valence-electron chi connectivity index (χ3n) is 6.24. The molecular weight excluding hydrogens is 344 g/mol. The number of nitrogens with zero attached hydrogens (tertiary/aromatic N) is 4. The Morgan fingerprint density at radius 1 is 1.04 bits per heavy atom. The molecule has 0 amide bonds. The van der Waals surface area contributed by atoms with Gasteiger partial charge in [-0.3, -0.25) is 0 Å². The molecule has 2 aromatic carbocycles. The summed E-state index contributed by atoms with van der Waals surface area (Å²) in [4.78, 5) is 14.4. The summed E-state index contributed by atoms with van der Waals surface area (Å²) in [5.41, 5.74) is 5.90. The molecule has 28 heavy (non-hydrogen) atoms. The molecule has 3 aromatic rings. The van der Waals surface area contributed by atoms with Gasteiger partial charge in [0.2, 0.25) is 0 Å². The molecule has 0 bridgehead atoms. The predicted octanol–water partition coefficient (Wildman–Crippen LogP) is 5.29. The molecule has 2 aliphatic heterocycles. The summed E-state index contributed by atoms with van der Waals surface area (Å²) < 4.78 is 0. The minimum Gasteiger partial charge on any atom is -0.337 e. The average molecular weight is 368 g/mol. The molecule has 0 spiro atoms. The standard InChI is InChI=1S/C24H24N4/c1-5-17-16(3)24-27(4)23-21(28(24)20-13-9-8-12-19(17)20)14-25-22(26-23)18-11-7-6-10-15(18)2/h5-14,16-17,24H,1H2,2-4H3. The van der Waals surface area contributed by atoms with Crippen molar-refractivity contribution in [2.75, 3.05) is 16.8 Å². The number of fused-ring (bicyclic) bond motifs is 5. The van der Waals surface area contributed by atoms with Gasteiger partial charge in [0, 0.05) is 30.1 Å². The van der Waals surface area contributed by atoms with Crippen LogP contribution in [0.25, 0.3) is 11.4 Å². The number of para-hydroxylation sites is 1. The second-order valence-corrected chi connectivity index (χ2v) is 7.79. The van der Waals surface area contributed by atoms with Crippen molar-refractivity contribution in [3.63, 3.8) is 0 Å². The van der Waals surface area contributed by atoms with E-state index in [1.54, 1.807) is 0 Å². The van der Waals surface area contributed by atoms with Crippen molar-refractivity contribution in [2.45, 2.75) is 25.9 Å². The van der Waals surface area contributed by atoms with Gasteiger partial charge in [-0.1, -0.05) is 55.5 Å². The van der Waals surface area contributed by atoms with Gasteiger partial charge in [-0.2, -0.15) is 0 Å². The van der Waals surface area contributed by atoms with Crippen LogP contribution in [0.5, 0.6) is 0 Å². The molecule has 4 nitrogen and oxygen atoms in total. The van der Waals surface area contributed by atoms with E-state index in [0.717, 1.165) is 22.9 Å². The van der Waals surface area contributed by atoms with Gasteiger partial charge in [-0.25, -0.2) is 9.97 Å². The topological polar surface area (TPSA) is 32.3 Å². The van der Waals surface area contributed by atoms with Crippen molar-refractivity contribution in [1.29, 1.82) is 0 Å². The number of rotatable bonds is 2. The smallest absolute Gasteiger partial charge is 0.161 e. The highest BCUT2D eigenvalue weighted by atomic mass is 15.4. The zero-order valence-corrected chi connectivity index (χ0v) is 16.5. The van der Waals surface area contributed by atoms with Gasteiger partial charge in [0.15, 0.2) is 11.6 Å². The first-order chi connectivity index (χ1) is 13.6. The zero-order chi connectivity index (χ0) is 19.4. The van der Waals surface area contributed by atoms with Crippen molar-refractivity contribution in [3.05, 3.63) is 78.5 Å². The summed E-state index contributed by atoms with van der Waals surface area (Å²) in [5.74, 6) is 2.47. The Hall–Kier alpha value is -3.14. The van der Waals surface area contributed by atoms with E-state index < -0.39 is 0 Å². The molecule has 4 heteroatoms. The molecule has 0 fully saturated rings. The fourth-order valence-corrected chi connectivity index (χ4v) is 4.85. The number of allylic oxidation sites excluding steroid dienone is 1. The first-order valence-electron chi connectivity index (χ1n) is 9.78. The molecule has 0 saturated heterocycles. The Bertz CT molecular complexity index is 1070. The van der Waals surface area contributed by atoms with Crippen LogP contribution in [0, 0.1) is 12.8 Å². The first kappa shape index (κ1) is 17.0. The number of hydrogen-bond acceptors (Lipinski definition) is 4. The van der Waals surface area contributed by atoms with Crippen molar-refractivity contribution >= 4 is 17.2 Å². The summed E-state index contributed by atoms with van der Waals surface area (Å²) in [5, 5.41) is 0. The molecule has 3 heterocycles. The van der Waals surface area contributed by atoms with E-state index in [-0.39, 0.29) is 6.17 Å². The van der Waals surface area contributed by atoms with Crippen LogP contribution in [-0.2, 0) is 0 Å². The maximum atomic E-state index is 5.00. The lowest BCUT2D eigenvalue weighted by atomic mass is 9.80. The Balaban J connectivity index is 1.68. The van der Waals surface area contributed by atoms with E-state index in [2.05, 4.69) is 79.7 Å². The minimum atomic E-state index is 0.203. The van der Waals surface area contributed by atoms with Gasteiger partial charge >= 0.3 is 0 Å². The van der Waals surface area contributed by atoms with Gasteiger partial charge in [0.25, 0.3) is 0 Å². The normalized spacial score (nSPS) is 22.5. The Morgan fingerprint density at radius 2 is 1.79 bits per heavy atom. The molecule has 140 valence electrons. The molecule has 3 unspecified atom stereocenters. The van der Waals surface area contributed by atoms with Crippen LogP contribution in [0.15, 0.2) is 67.4 Å². The van der Waals surface area contributed by atoms with Crippen LogP contribution in [0.3, 0.4) is 0 Å². The zero-order valence-electron chi connectivity index (χ0n) is 16.5. The second kappa shape index (κ2) is 6.20. The Morgan fingerprint density at radius 3 is 2.57 bits per heavy atom. The highest BCUT2D eigenvalue weighted by Gasteiger charge is 2.46. The van der Waals surface area contributed by atoms with Gasteiger partial charge in [0.1, 0.15) is 11.9 Å². The van der Waals surface area contributed by atoms with Gasteiger partial charge < -0.3 is 9.80 Å². The molecule has 0 aliphatic carbocycles. The van der Waals surface area contributed by atoms with Crippen molar-refractivity contribution in [3.8, 4) is 11.4 Å². The van der Waals surface area contributed by atoms with Crippen molar-refractivity contribution in [1.82, 2.24) is 9.97 Å². The maximum Gasteiger partial charge on any atom is 0.161 e. The number of anilines is 3. The lowest BCUT2D eigenvalue weighted by Gasteiger charge is -2.43. The minimum absolute atomic E-state index is 0.203. The average Bonchev–Trinajstić information content (AvgIpc) is 3.01. The quantitative estimate of drug-likeness (QED) is 0.576. The molecule has 5 rings (SSSR count). The molecule has 2 aliphatic rings. The molecule has 0 radical (unpaired) electrons. The SMILES string of the molecule is C=CC1c2ccccc2N2c3cnc(-c4ccccc4C)nc3N(C)C2C1C. The summed E-state index contributed by atoms with van der Waals surface area (Å²) in [7, 11) is 2.14. The molecule has 3 atom stereocenters. The lowest BCUT2D eigenvalue weighted by Crippen LogP contribution is -2.48. The summed E-state index contributed by atoms with van der Waals surface area (Å²) >= 11 is 0. The monoisotopic (exact) mass is 368 g/mol. The van der Waals surface area contributed by atoms with Crippen LogP contribution >= 0.6 is 0 Å². The number of aryl methyl sites for hydroxylation is 1. The fourth-order valence-electron chi connectivity index (χ4n) is 4.85. The largest absolute Gasteiger partial charge is 0.337 e. The highest BCUT2D eigenvalue weighted by Crippen LogP contribution is 2.52. The van der Waals surface area contributed by atoms with E-state index in [4.69, 9.17) is 9.97 Å². The summed E-state index contributed by atoms with van der Waals surface area (Å²) in [6.45, 7) is 8.53. The van der Waals surface area contributed by atoms with E-state index in [0.29, 0.717) is 11.8 Å². The number of aromatic nitrogens is 2. The van der Waals surface area contributed by atoms with E-state index >= 15 is 0 Å². The van der Waals surface area contributed by atoms with Crippen LogP contribution in [-0.4, -0.2) is 23.2 Å². The maximum absolute atomic E-state index is 5.00.